The predicted molar refractivity (Wildman–Crippen MR) is 127 cm³/mol. The Morgan fingerprint density at radius 1 is 0.970 bits per heavy atom. The fourth-order valence-corrected chi connectivity index (χ4v) is 3.90. The SMILES string of the molecule is N#CNC1=NC(c2ccc3ccc(-c4ccccc4)nc3c2)c2c(nc(N)c(C#N)c2N)N1. The maximum absolute atomic E-state index is 9.50. The average Bonchev–Trinajstić information content (AvgIpc) is 2.83. The van der Waals surface area contributed by atoms with E-state index in [0.717, 1.165) is 27.7 Å². The van der Waals surface area contributed by atoms with Crippen molar-refractivity contribution in [2.45, 2.75) is 6.04 Å². The number of guanidine groups is 1. The quantitative estimate of drug-likeness (QED) is 0.278. The molecular formula is C24H17N9. The van der Waals surface area contributed by atoms with Crippen molar-refractivity contribution in [2.75, 3.05) is 16.8 Å². The molecule has 0 fully saturated rings. The van der Waals surface area contributed by atoms with E-state index in [0.29, 0.717) is 11.4 Å². The number of aliphatic imine (C=N–C) groups is 1. The summed E-state index contributed by atoms with van der Waals surface area (Å²) in [5.41, 5.74) is 16.5. The largest absolute Gasteiger partial charge is 0.397 e. The Morgan fingerprint density at radius 3 is 2.52 bits per heavy atom. The molecular weight excluding hydrogens is 414 g/mol. The monoisotopic (exact) mass is 431 g/mol. The molecule has 0 radical (unpaired) electrons. The van der Waals surface area contributed by atoms with Crippen LogP contribution in [0.3, 0.4) is 0 Å². The van der Waals surface area contributed by atoms with Gasteiger partial charge in [0.15, 0.2) is 6.19 Å². The number of nitriles is 2. The lowest BCUT2D eigenvalue weighted by molar-refractivity contribution is 0.848. The fraction of sp³-hybridized carbons (Fsp3) is 0.0417. The Balaban J connectivity index is 1.68. The highest BCUT2D eigenvalue weighted by Crippen LogP contribution is 2.41. The number of benzene rings is 2. The van der Waals surface area contributed by atoms with Gasteiger partial charge in [-0.3, -0.25) is 5.32 Å². The first-order valence-corrected chi connectivity index (χ1v) is 10.0. The molecule has 33 heavy (non-hydrogen) atoms. The lowest BCUT2D eigenvalue weighted by atomic mass is 9.94. The summed E-state index contributed by atoms with van der Waals surface area (Å²) in [5.74, 6) is 0.552. The molecule has 0 saturated carbocycles. The zero-order valence-corrected chi connectivity index (χ0v) is 17.2. The molecule has 0 bridgehead atoms. The summed E-state index contributed by atoms with van der Waals surface area (Å²) < 4.78 is 0. The number of nitrogens with two attached hydrogens (primary N) is 2. The Bertz CT molecular complexity index is 1510. The van der Waals surface area contributed by atoms with Crippen molar-refractivity contribution in [3.8, 4) is 23.5 Å². The van der Waals surface area contributed by atoms with Crippen molar-refractivity contribution in [1.82, 2.24) is 15.3 Å². The maximum Gasteiger partial charge on any atom is 0.211 e. The molecule has 1 unspecified atom stereocenters. The Hall–Kier alpha value is -5.15. The van der Waals surface area contributed by atoms with E-state index in [1.54, 1.807) is 0 Å². The molecule has 1 aliphatic heterocycles. The van der Waals surface area contributed by atoms with Gasteiger partial charge < -0.3 is 16.8 Å². The fourth-order valence-electron chi connectivity index (χ4n) is 3.90. The summed E-state index contributed by atoms with van der Waals surface area (Å²) in [6.45, 7) is 0. The number of nitrogen functional groups attached to an aromatic ring is 2. The lowest BCUT2D eigenvalue weighted by Gasteiger charge is -2.26. The second kappa shape index (κ2) is 7.84. The summed E-state index contributed by atoms with van der Waals surface area (Å²) in [5, 5.41) is 25.0. The van der Waals surface area contributed by atoms with Gasteiger partial charge in [-0.15, -0.1) is 0 Å². The number of fused-ring (bicyclic) bond motifs is 2. The van der Waals surface area contributed by atoms with Gasteiger partial charge in [0.2, 0.25) is 5.96 Å². The number of hydrogen-bond acceptors (Lipinski definition) is 9. The normalized spacial score (nSPS) is 14.4. The molecule has 3 heterocycles. The lowest BCUT2D eigenvalue weighted by Crippen LogP contribution is -2.32. The number of hydrogen-bond donors (Lipinski definition) is 4. The molecule has 0 saturated heterocycles. The van der Waals surface area contributed by atoms with Gasteiger partial charge in [-0.25, -0.2) is 15.0 Å². The van der Waals surface area contributed by atoms with E-state index in [2.05, 4.69) is 20.6 Å². The van der Waals surface area contributed by atoms with Crippen LogP contribution in [0.15, 0.2) is 65.7 Å². The maximum atomic E-state index is 9.50. The van der Waals surface area contributed by atoms with E-state index < -0.39 is 6.04 Å². The zero-order valence-electron chi connectivity index (χ0n) is 17.2. The average molecular weight is 431 g/mol. The van der Waals surface area contributed by atoms with Crippen LogP contribution in [0.4, 0.5) is 17.3 Å². The molecule has 158 valence electrons. The van der Waals surface area contributed by atoms with Crippen molar-refractivity contribution in [2.24, 2.45) is 4.99 Å². The molecule has 9 heteroatoms. The second-order valence-corrected chi connectivity index (χ2v) is 7.42. The van der Waals surface area contributed by atoms with Gasteiger partial charge in [0.25, 0.3) is 0 Å². The third-order valence-electron chi connectivity index (χ3n) is 5.46. The highest BCUT2D eigenvalue weighted by molar-refractivity contribution is 5.98. The van der Waals surface area contributed by atoms with Crippen molar-refractivity contribution in [3.63, 3.8) is 0 Å². The number of nitrogens with zero attached hydrogens (tertiary/aromatic N) is 5. The van der Waals surface area contributed by atoms with Gasteiger partial charge in [0, 0.05) is 16.5 Å². The molecule has 0 aliphatic carbocycles. The van der Waals surface area contributed by atoms with Crippen LogP contribution in [0.2, 0.25) is 0 Å². The summed E-state index contributed by atoms with van der Waals surface area (Å²) in [6, 6.07) is 21.1. The van der Waals surface area contributed by atoms with Crippen LogP contribution in [0.1, 0.15) is 22.7 Å². The molecule has 0 spiro atoms. The van der Waals surface area contributed by atoms with Gasteiger partial charge in [0.1, 0.15) is 29.3 Å². The molecule has 6 N–H and O–H groups in total. The van der Waals surface area contributed by atoms with Gasteiger partial charge >= 0.3 is 0 Å². The topological polar surface area (TPSA) is 162 Å². The van der Waals surface area contributed by atoms with E-state index >= 15 is 0 Å². The first-order chi connectivity index (χ1) is 16.1. The molecule has 0 amide bonds. The number of nitrogens with one attached hydrogen (secondary N) is 2. The van der Waals surface area contributed by atoms with E-state index in [1.807, 2.05) is 72.9 Å². The summed E-state index contributed by atoms with van der Waals surface area (Å²) in [6.07, 6.45) is 1.85. The highest BCUT2D eigenvalue weighted by Gasteiger charge is 2.29. The Labute approximate surface area is 189 Å². The summed E-state index contributed by atoms with van der Waals surface area (Å²) in [7, 11) is 0. The zero-order chi connectivity index (χ0) is 22.9. The highest BCUT2D eigenvalue weighted by atomic mass is 15.2. The van der Waals surface area contributed by atoms with Crippen molar-refractivity contribution < 1.29 is 0 Å². The Morgan fingerprint density at radius 2 is 1.76 bits per heavy atom. The minimum absolute atomic E-state index is 0.00545. The molecule has 2 aromatic heterocycles. The summed E-state index contributed by atoms with van der Waals surface area (Å²) in [4.78, 5) is 13.7. The van der Waals surface area contributed by atoms with Crippen LogP contribution < -0.4 is 22.1 Å². The molecule has 2 aromatic carbocycles. The molecule has 1 aliphatic rings. The smallest absolute Gasteiger partial charge is 0.211 e. The van der Waals surface area contributed by atoms with Gasteiger partial charge in [-0.1, -0.05) is 48.5 Å². The second-order valence-electron chi connectivity index (χ2n) is 7.42. The van der Waals surface area contributed by atoms with Gasteiger partial charge in [-0.05, 0) is 17.7 Å². The van der Waals surface area contributed by atoms with Crippen molar-refractivity contribution >= 4 is 34.2 Å². The molecule has 1 atom stereocenters. The minimum atomic E-state index is -0.621. The van der Waals surface area contributed by atoms with Crippen LogP contribution in [0.5, 0.6) is 0 Å². The van der Waals surface area contributed by atoms with E-state index in [9.17, 15) is 5.26 Å². The molecule has 4 aromatic rings. The van der Waals surface area contributed by atoms with Crippen LogP contribution in [0, 0.1) is 22.8 Å². The molecule has 9 nitrogen and oxygen atoms in total. The predicted octanol–water partition coefficient (Wildman–Crippen LogP) is 3.27. The number of pyridine rings is 2. The summed E-state index contributed by atoms with van der Waals surface area (Å²) >= 11 is 0. The number of anilines is 3. The van der Waals surface area contributed by atoms with Crippen molar-refractivity contribution in [1.29, 1.82) is 10.5 Å². The van der Waals surface area contributed by atoms with Gasteiger partial charge in [0.05, 0.1) is 16.9 Å². The van der Waals surface area contributed by atoms with E-state index in [-0.39, 0.29) is 23.0 Å². The number of aromatic nitrogens is 2. The Kier molecular flexibility index (Phi) is 4.70. The van der Waals surface area contributed by atoms with Crippen LogP contribution in [-0.2, 0) is 0 Å². The first-order valence-electron chi connectivity index (χ1n) is 10.0. The number of rotatable bonds is 2. The van der Waals surface area contributed by atoms with E-state index in [1.165, 1.54) is 0 Å². The minimum Gasteiger partial charge on any atom is -0.397 e. The third kappa shape index (κ3) is 3.40. The van der Waals surface area contributed by atoms with Gasteiger partial charge in [-0.2, -0.15) is 10.5 Å². The van der Waals surface area contributed by atoms with Crippen molar-refractivity contribution in [3.05, 3.63) is 77.4 Å². The van der Waals surface area contributed by atoms with E-state index in [4.69, 9.17) is 21.7 Å². The van der Waals surface area contributed by atoms with Crippen LogP contribution in [0.25, 0.3) is 22.2 Å². The standard InChI is InChI=1S/C24H17N9/c25-11-16-20(27)19-21(31-24(29-12-26)33-23(19)32-22(16)28)15-7-6-14-8-9-17(30-18(14)10-15)13-4-2-1-3-5-13/h1-10,21H,(H6,27,28,29,31,32,33). The molecule has 5 rings (SSSR count). The third-order valence-corrected chi connectivity index (χ3v) is 5.46. The first kappa shape index (κ1) is 19.8. The van der Waals surface area contributed by atoms with Crippen LogP contribution in [-0.4, -0.2) is 15.9 Å². The van der Waals surface area contributed by atoms with Crippen LogP contribution >= 0.6 is 0 Å².